The molecular formula is C14H12N4O4S2. The molecule has 24 heavy (non-hydrogen) atoms. The van der Waals surface area contributed by atoms with Gasteiger partial charge in [-0.1, -0.05) is 0 Å². The number of nitrogens with one attached hydrogen (secondary N) is 1. The number of sulfonamides is 1. The summed E-state index contributed by atoms with van der Waals surface area (Å²) in [5.74, 6) is -0.131. The van der Waals surface area contributed by atoms with E-state index in [4.69, 9.17) is 4.74 Å². The second-order valence-corrected chi connectivity index (χ2v) is 6.95. The Bertz CT molecular complexity index is 947. The average Bonchev–Trinajstić information content (AvgIpc) is 3.26. The van der Waals surface area contributed by atoms with Crippen LogP contribution in [0.3, 0.4) is 0 Å². The maximum Gasteiger partial charge on any atom is 0.285 e. The van der Waals surface area contributed by atoms with Crippen molar-refractivity contribution in [2.45, 2.75) is 5.03 Å². The summed E-state index contributed by atoms with van der Waals surface area (Å²) in [5.41, 5.74) is 2.05. The third kappa shape index (κ3) is 3.29. The Labute approximate surface area is 141 Å². The van der Waals surface area contributed by atoms with Crippen LogP contribution in [0.5, 0.6) is 5.75 Å². The number of thiazole rings is 1. The molecule has 0 aliphatic rings. The van der Waals surface area contributed by atoms with Gasteiger partial charge in [0.15, 0.2) is 10.7 Å². The minimum absolute atomic E-state index is 0.0235. The molecule has 1 aromatic carbocycles. The van der Waals surface area contributed by atoms with Gasteiger partial charge < -0.3 is 4.74 Å². The number of hydrogen-bond donors (Lipinski definition) is 1. The van der Waals surface area contributed by atoms with E-state index in [0.717, 1.165) is 11.3 Å². The minimum atomic E-state index is -3.99. The first-order valence-corrected chi connectivity index (χ1v) is 9.07. The lowest BCUT2D eigenvalue weighted by atomic mass is 10.3. The summed E-state index contributed by atoms with van der Waals surface area (Å²) in [5, 5.41) is 5.22. The van der Waals surface area contributed by atoms with E-state index in [1.165, 1.54) is 21.6 Å². The van der Waals surface area contributed by atoms with Crippen LogP contribution < -0.4 is 9.46 Å². The number of ether oxygens (including phenoxy) is 1. The molecule has 124 valence electrons. The maximum atomic E-state index is 12.1. The molecule has 0 atom stereocenters. The fourth-order valence-corrected chi connectivity index (χ4v) is 3.68. The summed E-state index contributed by atoms with van der Waals surface area (Å²) in [7, 11) is -2.43. The summed E-state index contributed by atoms with van der Waals surface area (Å²) < 4.78 is 32.5. The van der Waals surface area contributed by atoms with Gasteiger partial charge in [0, 0.05) is 11.6 Å². The third-order valence-corrected chi connectivity index (χ3v) is 5.03. The van der Waals surface area contributed by atoms with E-state index in [-0.39, 0.29) is 10.7 Å². The van der Waals surface area contributed by atoms with Crippen LogP contribution in [0, 0.1) is 0 Å². The predicted octanol–water partition coefficient (Wildman–Crippen LogP) is 1.46. The number of nitrogens with zero attached hydrogens (tertiary/aromatic N) is 3. The van der Waals surface area contributed by atoms with Crippen LogP contribution in [0.4, 0.5) is 0 Å². The first-order chi connectivity index (χ1) is 11.5. The van der Waals surface area contributed by atoms with E-state index in [1.807, 2.05) is 4.72 Å². The van der Waals surface area contributed by atoms with Crippen molar-refractivity contribution in [3.05, 3.63) is 53.1 Å². The van der Waals surface area contributed by atoms with Crippen LogP contribution in [0.25, 0.3) is 5.69 Å². The highest BCUT2D eigenvalue weighted by Gasteiger charge is 2.22. The molecule has 10 heteroatoms. The number of hydrogen-bond acceptors (Lipinski definition) is 7. The van der Waals surface area contributed by atoms with Crippen molar-refractivity contribution < 1.29 is 17.9 Å². The predicted molar refractivity (Wildman–Crippen MR) is 86.9 cm³/mol. The lowest BCUT2D eigenvalue weighted by Gasteiger charge is -2.04. The summed E-state index contributed by atoms with van der Waals surface area (Å²) in [6.45, 7) is 0. The third-order valence-electron chi connectivity index (χ3n) is 3.07. The largest absolute Gasteiger partial charge is 0.497 e. The fraction of sp³-hybridized carbons (Fsp3) is 0.0714. The highest BCUT2D eigenvalue weighted by atomic mass is 32.2. The number of carbonyl (C=O) groups is 1. The Kier molecular flexibility index (Phi) is 4.32. The fourth-order valence-electron chi connectivity index (χ4n) is 1.88. The molecule has 3 rings (SSSR count). The van der Waals surface area contributed by atoms with Crippen molar-refractivity contribution in [1.82, 2.24) is 19.5 Å². The van der Waals surface area contributed by atoms with Crippen LogP contribution >= 0.6 is 11.3 Å². The Morgan fingerprint density at radius 1 is 1.25 bits per heavy atom. The van der Waals surface area contributed by atoms with Crippen molar-refractivity contribution >= 4 is 27.3 Å². The standard InChI is InChI=1S/C14H12N4O4S2/c1-22-11-4-2-10(3-5-11)18-7-6-12(16-18)14(19)17-24(20,21)13-8-23-9-15-13/h2-9H,1H3,(H,17,19). The first-order valence-electron chi connectivity index (χ1n) is 6.65. The lowest BCUT2D eigenvalue weighted by Crippen LogP contribution is -2.31. The monoisotopic (exact) mass is 364 g/mol. The first kappa shape index (κ1) is 16.1. The molecule has 0 aliphatic carbocycles. The lowest BCUT2D eigenvalue weighted by molar-refractivity contribution is 0.0976. The molecule has 8 nitrogen and oxygen atoms in total. The highest BCUT2D eigenvalue weighted by molar-refractivity contribution is 7.90. The molecule has 0 fully saturated rings. The van der Waals surface area contributed by atoms with Gasteiger partial charge in [0.1, 0.15) is 5.75 Å². The number of aromatic nitrogens is 3. The van der Waals surface area contributed by atoms with E-state index in [0.29, 0.717) is 11.4 Å². The van der Waals surface area contributed by atoms with Gasteiger partial charge in [0.2, 0.25) is 0 Å². The zero-order valence-electron chi connectivity index (χ0n) is 12.4. The molecule has 1 amide bonds. The number of amides is 1. The minimum Gasteiger partial charge on any atom is -0.497 e. The van der Waals surface area contributed by atoms with Crippen molar-refractivity contribution in [3.8, 4) is 11.4 Å². The Balaban J connectivity index is 1.78. The van der Waals surface area contributed by atoms with Gasteiger partial charge in [-0.25, -0.2) is 14.4 Å². The van der Waals surface area contributed by atoms with Gasteiger partial charge in [0.05, 0.1) is 18.3 Å². The van der Waals surface area contributed by atoms with Crippen LogP contribution in [0.2, 0.25) is 0 Å². The molecule has 0 bridgehead atoms. The van der Waals surface area contributed by atoms with Gasteiger partial charge in [0.25, 0.3) is 15.9 Å². The van der Waals surface area contributed by atoms with Gasteiger partial charge in [-0.2, -0.15) is 13.5 Å². The highest BCUT2D eigenvalue weighted by Crippen LogP contribution is 2.15. The molecule has 0 spiro atoms. The van der Waals surface area contributed by atoms with Crippen LogP contribution in [-0.4, -0.2) is 36.2 Å². The molecule has 0 aliphatic heterocycles. The summed E-state index contributed by atoms with van der Waals surface area (Å²) in [4.78, 5) is 15.8. The molecule has 2 heterocycles. The van der Waals surface area contributed by atoms with Crippen molar-refractivity contribution in [3.63, 3.8) is 0 Å². The summed E-state index contributed by atoms with van der Waals surface area (Å²) in [6, 6.07) is 8.46. The van der Waals surface area contributed by atoms with Gasteiger partial charge >= 0.3 is 0 Å². The van der Waals surface area contributed by atoms with E-state index < -0.39 is 15.9 Å². The average molecular weight is 364 g/mol. The van der Waals surface area contributed by atoms with E-state index in [1.54, 1.807) is 37.6 Å². The molecule has 2 aromatic heterocycles. The number of methoxy groups -OCH3 is 1. The Morgan fingerprint density at radius 3 is 2.62 bits per heavy atom. The molecule has 1 N–H and O–H groups in total. The number of carbonyl (C=O) groups excluding carboxylic acids is 1. The summed E-state index contributed by atoms with van der Waals surface area (Å²) in [6.07, 6.45) is 1.56. The Morgan fingerprint density at radius 2 is 2.00 bits per heavy atom. The second-order valence-electron chi connectivity index (χ2n) is 4.60. The molecule has 0 radical (unpaired) electrons. The summed E-state index contributed by atoms with van der Waals surface area (Å²) >= 11 is 1.12. The quantitative estimate of drug-likeness (QED) is 0.735. The van der Waals surface area contributed by atoms with Crippen LogP contribution in [-0.2, 0) is 10.0 Å². The number of benzene rings is 1. The van der Waals surface area contributed by atoms with E-state index >= 15 is 0 Å². The molecule has 3 aromatic rings. The topological polar surface area (TPSA) is 103 Å². The van der Waals surface area contributed by atoms with Gasteiger partial charge in [-0.05, 0) is 30.3 Å². The SMILES string of the molecule is COc1ccc(-n2ccc(C(=O)NS(=O)(=O)c3cscn3)n2)cc1. The Hall–Kier alpha value is -2.72. The van der Waals surface area contributed by atoms with Crippen molar-refractivity contribution in [1.29, 1.82) is 0 Å². The molecular weight excluding hydrogens is 352 g/mol. The second kappa shape index (κ2) is 6.42. The van der Waals surface area contributed by atoms with Crippen molar-refractivity contribution in [2.24, 2.45) is 0 Å². The zero-order chi connectivity index (χ0) is 17.2. The van der Waals surface area contributed by atoms with E-state index in [9.17, 15) is 13.2 Å². The maximum absolute atomic E-state index is 12.1. The normalized spacial score (nSPS) is 11.2. The van der Waals surface area contributed by atoms with Gasteiger partial charge in [-0.15, -0.1) is 11.3 Å². The number of rotatable bonds is 5. The van der Waals surface area contributed by atoms with Crippen LogP contribution in [0.1, 0.15) is 10.5 Å². The molecule has 0 saturated carbocycles. The van der Waals surface area contributed by atoms with E-state index in [2.05, 4.69) is 10.1 Å². The molecule has 0 unspecified atom stereocenters. The van der Waals surface area contributed by atoms with Crippen LogP contribution in [0.15, 0.2) is 52.4 Å². The van der Waals surface area contributed by atoms with Crippen molar-refractivity contribution in [2.75, 3.05) is 7.11 Å². The molecule has 0 saturated heterocycles. The zero-order valence-corrected chi connectivity index (χ0v) is 14.0. The smallest absolute Gasteiger partial charge is 0.285 e. The van der Waals surface area contributed by atoms with Gasteiger partial charge in [-0.3, -0.25) is 4.79 Å².